The van der Waals surface area contributed by atoms with Crippen LogP contribution in [-0.2, 0) is 13.5 Å². The number of aryl methyl sites for hydroxylation is 2. The van der Waals surface area contributed by atoms with Gasteiger partial charge in [-0.3, -0.25) is 9.58 Å². The second kappa shape index (κ2) is 7.04. The summed E-state index contributed by atoms with van der Waals surface area (Å²) in [6, 6.07) is 5.87. The number of fused-ring (bicyclic) bond motifs is 2. The standard InChI is InChI=1S/C21H25N7O/c1-14-11-16(12-15-13-26(2)25-19(14)15)24-21(29)28-8-4-17-18(3-5-23-20(17)28)27-9-6-22-7-10-27/h3,5,11-13,22H,4,6-10H2,1-2H3,(H,24,29). The molecule has 1 fully saturated rings. The third kappa shape index (κ3) is 3.19. The van der Waals surface area contributed by atoms with Crippen LogP contribution in [0.15, 0.2) is 30.6 Å². The Labute approximate surface area is 169 Å². The molecular weight excluding hydrogens is 366 g/mol. The van der Waals surface area contributed by atoms with Crippen LogP contribution in [0, 0.1) is 6.92 Å². The first-order chi connectivity index (χ1) is 14.1. The van der Waals surface area contributed by atoms with Gasteiger partial charge in [-0.2, -0.15) is 5.10 Å². The smallest absolute Gasteiger partial charge is 0.327 e. The molecule has 2 N–H and O–H groups in total. The lowest BCUT2D eigenvalue weighted by Gasteiger charge is -2.31. The number of nitrogens with zero attached hydrogens (tertiary/aromatic N) is 5. The Kier molecular flexibility index (Phi) is 4.35. The van der Waals surface area contributed by atoms with Crippen molar-refractivity contribution in [2.45, 2.75) is 13.3 Å². The maximum atomic E-state index is 13.0. The van der Waals surface area contributed by atoms with Crippen molar-refractivity contribution in [3.63, 3.8) is 0 Å². The summed E-state index contributed by atoms with van der Waals surface area (Å²) < 4.78 is 1.79. The fourth-order valence-electron chi connectivity index (χ4n) is 4.37. The minimum absolute atomic E-state index is 0.142. The minimum Gasteiger partial charge on any atom is -0.369 e. The van der Waals surface area contributed by atoms with Crippen molar-refractivity contribution in [1.29, 1.82) is 0 Å². The topological polar surface area (TPSA) is 78.3 Å². The second-order valence-corrected chi connectivity index (χ2v) is 7.73. The summed E-state index contributed by atoms with van der Waals surface area (Å²) in [6.07, 6.45) is 4.61. The van der Waals surface area contributed by atoms with Gasteiger partial charge < -0.3 is 15.5 Å². The summed E-state index contributed by atoms with van der Waals surface area (Å²) in [5.41, 5.74) is 5.15. The molecule has 29 heavy (non-hydrogen) atoms. The molecule has 0 radical (unpaired) electrons. The summed E-state index contributed by atoms with van der Waals surface area (Å²) in [5.74, 6) is 0.776. The molecule has 3 aromatic rings. The van der Waals surface area contributed by atoms with E-state index in [1.165, 1.54) is 11.3 Å². The molecule has 2 amide bonds. The van der Waals surface area contributed by atoms with Crippen molar-refractivity contribution >= 4 is 34.1 Å². The number of anilines is 3. The molecule has 2 aromatic heterocycles. The van der Waals surface area contributed by atoms with Gasteiger partial charge in [0.25, 0.3) is 0 Å². The fraction of sp³-hybridized carbons (Fsp3) is 0.381. The zero-order valence-electron chi connectivity index (χ0n) is 16.8. The summed E-state index contributed by atoms with van der Waals surface area (Å²) in [5, 5.41) is 11.9. The molecule has 1 aromatic carbocycles. The van der Waals surface area contributed by atoms with E-state index in [4.69, 9.17) is 0 Å². The van der Waals surface area contributed by atoms with E-state index in [0.29, 0.717) is 6.54 Å². The molecule has 0 spiro atoms. The summed E-state index contributed by atoms with van der Waals surface area (Å²) in [4.78, 5) is 21.7. The molecule has 1 saturated heterocycles. The molecule has 0 atom stereocenters. The maximum Gasteiger partial charge on any atom is 0.327 e. The highest BCUT2D eigenvalue weighted by Gasteiger charge is 2.30. The highest BCUT2D eigenvalue weighted by atomic mass is 16.2. The molecular formula is C21H25N7O. The average molecular weight is 391 g/mol. The van der Waals surface area contributed by atoms with Crippen molar-refractivity contribution in [2.24, 2.45) is 7.05 Å². The van der Waals surface area contributed by atoms with Crippen molar-refractivity contribution in [1.82, 2.24) is 20.1 Å². The Hall–Kier alpha value is -3.13. The fourth-order valence-corrected chi connectivity index (χ4v) is 4.37. The van der Waals surface area contributed by atoms with E-state index in [2.05, 4.69) is 31.7 Å². The van der Waals surface area contributed by atoms with Crippen LogP contribution in [0.3, 0.4) is 0 Å². The predicted molar refractivity (Wildman–Crippen MR) is 115 cm³/mol. The summed E-state index contributed by atoms with van der Waals surface area (Å²) in [6.45, 7) is 6.58. The van der Waals surface area contributed by atoms with Crippen LogP contribution >= 0.6 is 0 Å². The molecule has 4 heterocycles. The molecule has 2 aliphatic heterocycles. The second-order valence-electron chi connectivity index (χ2n) is 7.73. The number of carbonyl (C=O) groups excluding carboxylic acids is 1. The number of carbonyl (C=O) groups is 1. The van der Waals surface area contributed by atoms with Crippen LogP contribution in [0.1, 0.15) is 11.1 Å². The first-order valence-electron chi connectivity index (χ1n) is 10.1. The number of piperazine rings is 1. The predicted octanol–water partition coefficient (Wildman–Crippen LogP) is 2.28. The Morgan fingerprint density at radius 1 is 1.21 bits per heavy atom. The van der Waals surface area contributed by atoms with Crippen molar-refractivity contribution in [3.05, 3.63) is 41.7 Å². The maximum absolute atomic E-state index is 13.0. The monoisotopic (exact) mass is 391 g/mol. The highest BCUT2D eigenvalue weighted by molar-refractivity contribution is 6.04. The number of aromatic nitrogens is 3. The van der Waals surface area contributed by atoms with E-state index in [0.717, 1.165) is 60.6 Å². The quantitative estimate of drug-likeness (QED) is 0.701. The molecule has 2 aliphatic rings. The summed E-state index contributed by atoms with van der Waals surface area (Å²) in [7, 11) is 1.90. The molecule has 8 nitrogen and oxygen atoms in total. The van der Waals surface area contributed by atoms with Gasteiger partial charge in [-0.05, 0) is 37.1 Å². The van der Waals surface area contributed by atoms with Gasteiger partial charge >= 0.3 is 6.03 Å². The lowest BCUT2D eigenvalue weighted by atomic mass is 10.1. The van der Waals surface area contributed by atoms with E-state index in [-0.39, 0.29) is 6.03 Å². The minimum atomic E-state index is -0.142. The molecule has 150 valence electrons. The number of hydrogen-bond donors (Lipinski definition) is 2. The van der Waals surface area contributed by atoms with Crippen LogP contribution in [0.25, 0.3) is 10.9 Å². The number of pyridine rings is 1. The van der Waals surface area contributed by atoms with E-state index >= 15 is 0 Å². The highest BCUT2D eigenvalue weighted by Crippen LogP contribution is 2.34. The lowest BCUT2D eigenvalue weighted by molar-refractivity contribution is 0.257. The van der Waals surface area contributed by atoms with E-state index in [1.54, 1.807) is 9.58 Å². The molecule has 0 aliphatic carbocycles. The van der Waals surface area contributed by atoms with Gasteiger partial charge in [0.05, 0.1) is 5.52 Å². The average Bonchev–Trinajstić information content (AvgIpc) is 3.32. The van der Waals surface area contributed by atoms with E-state index in [1.807, 2.05) is 38.5 Å². The van der Waals surface area contributed by atoms with Gasteiger partial charge in [-0.15, -0.1) is 0 Å². The Balaban J connectivity index is 1.40. The van der Waals surface area contributed by atoms with Gasteiger partial charge in [0.15, 0.2) is 0 Å². The number of nitrogens with one attached hydrogen (secondary N) is 2. The van der Waals surface area contributed by atoms with Crippen LogP contribution in [0.4, 0.5) is 22.0 Å². The van der Waals surface area contributed by atoms with Crippen molar-refractivity contribution in [3.8, 4) is 0 Å². The van der Waals surface area contributed by atoms with Crippen molar-refractivity contribution < 1.29 is 4.79 Å². The van der Waals surface area contributed by atoms with Gasteiger partial charge in [-0.25, -0.2) is 9.78 Å². The van der Waals surface area contributed by atoms with Gasteiger partial charge in [0, 0.05) is 74.5 Å². The van der Waals surface area contributed by atoms with Crippen LogP contribution in [0.2, 0.25) is 0 Å². The molecule has 0 unspecified atom stereocenters. The van der Waals surface area contributed by atoms with Gasteiger partial charge in [0.1, 0.15) is 5.82 Å². The SMILES string of the molecule is Cc1cc(NC(=O)N2CCc3c(N4CCNCC4)ccnc32)cc2cn(C)nc12. The number of urea groups is 1. The number of amides is 2. The molecule has 0 bridgehead atoms. The molecule has 5 rings (SSSR count). The lowest BCUT2D eigenvalue weighted by Crippen LogP contribution is -2.43. The third-order valence-electron chi connectivity index (χ3n) is 5.72. The number of rotatable bonds is 2. The van der Waals surface area contributed by atoms with E-state index in [9.17, 15) is 4.79 Å². The van der Waals surface area contributed by atoms with Crippen LogP contribution < -0.4 is 20.4 Å². The normalized spacial score (nSPS) is 16.3. The Bertz CT molecular complexity index is 1080. The van der Waals surface area contributed by atoms with Crippen LogP contribution in [-0.4, -0.2) is 53.5 Å². The third-order valence-corrected chi connectivity index (χ3v) is 5.72. The zero-order chi connectivity index (χ0) is 20.0. The Morgan fingerprint density at radius 2 is 2.03 bits per heavy atom. The zero-order valence-corrected chi connectivity index (χ0v) is 16.8. The Morgan fingerprint density at radius 3 is 2.86 bits per heavy atom. The van der Waals surface area contributed by atoms with E-state index < -0.39 is 0 Å². The van der Waals surface area contributed by atoms with Gasteiger partial charge in [-0.1, -0.05) is 0 Å². The largest absolute Gasteiger partial charge is 0.369 e. The number of hydrogen-bond acceptors (Lipinski definition) is 5. The first kappa shape index (κ1) is 17.9. The molecule has 8 heteroatoms. The van der Waals surface area contributed by atoms with Crippen molar-refractivity contribution in [2.75, 3.05) is 47.8 Å². The van der Waals surface area contributed by atoms with Crippen LogP contribution in [0.5, 0.6) is 0 Å². The number of benzene rings is 1. The summed E-state index contributed by atoms with van der Waals surface area (Å²) >= 11 is 0. The van der Waals surface area contributed by atoms with Gasteiger partial charge in [0.2, 0.25) is 0 Å². The molecule has 0 saturated carbocycles. The first-order valence-corrected chi connectivity index (χ1v) is 10.1.